The molecule has 1 N–H and O–H groups in total. The highest BCUT2D eigenvalue weighted by molar-refractivity contribution is 6.16. The molecule has 21 heavy (non-hydrogen) atoms. The van der Waals surface area contributed by atoms with Crippen LogP contribution in [0.15, 0.2) is 29.1 Å². The number of benzene rings is 1. The summed E-state index contributed by atoms with van der Waals surface area (Å²) in [4.78, 5) is 29.2. The minimum absolute atomic E-state index is 0.00326. The Balaban J connectivity index is 2.59. The average Bonchev–Trinajstić information content (AvgIpc) is 2.45. The minimum Gasteiger partial charge on any atom is -0.352 e. The molecule has 0 saturated carbocycles. The zero-order chi connectivity index (χ0) is 15.6. The smallest absolute Gasteiger partial charge is 0.262 e. The molecule has 2 rings (SSSR count). The van der Waals surface area contributed by atoms with Gasteiger partial charge in [-0.2, -0.15) is 0 Å². The van der Waals surface area contributed by atoms with E-state index in [-0.39, 0.29) is 23.4 Å². The fraction of sp³-hybridized carbons (Fsp3) is 0.400. The molecule has 0 aliphatic heterocycles. The van der Waals surface area contributed by atoms with Gasteiger partial charge in [0.1, 0.15) is 11.9 Å². The molecule has 0 aliphatic rings. The number of aromatic nitrogens is 2. The number of hydrogen-bond donors (Lipinski definition) is 1. The lowest BCUT2D eigenvalue weighted by atomic mass is 10.2. The molecule has 112 valence electrons. The Bertz CT molecular complexity index is 724. The third-order valence-corrected chi connectivity index (χ3v) is 3.44. The number of carbonyl (C=O) groups excluding carboxylic acids is 1. The summed E-state index contributed by atoms with van der Waals surface area (Å²) in [5, 5.41) is 3.28. The van der Waals surface area contributed by atoms with Crippen molar-refractivity contribution in [2.45, 2.75) is 38.7 Å². The molecule has 1 heterocycles. The third-order valence-electron chi connectivity index (χ3n) is 3.20. The molecule has 1 amide bonds. The lowest BCUT2D eigenvalue weighted by Gasteiger charge is -2.19. The number of hydrogen-bond acceptors (Lipinski definition) is 3. The molecule has 0 bridgehead atoms. The van der Waals surface area contributed by atoms with Gasteiger partial charge in [-0.1, -0.05) is 12.1 Å². The largest absolute Gasteiger partial charge is 0.352 e. The zero-order valence-corrected chi connectivity index (χ0v) is 13.0. The van der Waals surface area contributed by atoms with Gasteiger partial charge in [-0.05, 0) is 32.9 Å². The molecule has 1 aromatic heterocycles. The summed E-state index contributed by atoms with van der Waals surface area (Å²) in [5.74, 6) is 0.238. The number of nitrogens with zero attached hydrogens (tertiary/aromatic N) is 2. The van der Waals surface area contributed by atoms with Crippen LogP contribution in [0, 0.1) is 0 Å². The van der Waals surface area contributed by atoms with Crippen LogP contribution < -0.4 is 10.9 Å². The van der Waals surface area contributed by atoms with E-state index >= 15 is 0 Å². The SMILES string of the molecule is CC(C)NC(=O)C(C)n1c(CCl)nc2ccccc2c1=O. The Morgan fingerprint density at radius 1 is 1.33 bits per heavy atom. The van der Waals surface area contributed by atoms with Crippen LogP contribution in [-0.2, 0) is 10.7 Å². The molecule has 1 unspecified atom stereocenters. The van der Waals surface area contributed by atoms with Crippen LogP contribution in [0.25, 0.3) is 10.9 Å². The third kappa shape index (κ3) is 3.08. The van der Waals surface area contributed by atoms with Gasteiger partial charge in [0.15, 0.2) is 0 Å². The summed E-state index contributed by atoms with van der Waals surface area (Å²) >= 11 is 5.90. The van der Waals surface area contributed by atoms with Crippen LogP contribution in [0.4, 0.5) is 0 Å². The topological polar surface area (TPSA) is 64.0 Å². The minimum atomic E-state index is -0.661. The maximum atomic E-state index is 12.6. The van der Waals surface area contributed by atoms with Gasteiger partial charge in [0.2, 0.25) is 5.91 Å². The standard InChI is InChI=1S/C15H18ClN3O2/c1-9(2)17-14(20)10(3)19-13(8-16)18-12-7-5-4-6-11(12)15(19)21/h4-7,9-10H,8H2,1-3H3,(H,17,20). The summed E-state index contributed by atoms with van der Waals surface area (Å²) < 4.78 is 1.37. The summed E-state index contributed by atoms with van der Waals surface area (Å²) in [7, 11) is 0. The van der Waals surface area contributed by atoms with Gasteiger partial charge in [-0.25, -0.2) is 4.98 Å². The molecular weight excluding hydrogens is 290 g/mol. The Labute approximate surface area is 127 Å². The van der Waals surface area contributed by atoms with E-state index in [1.807, 2.05) is 19.9 Å². The van der Waals surface area contributed by atoms with Crippen LogP contribution in [0.3, 0.4) is 0 Å². The number of nitrogens with one attached hydrogen (secondary N) is 1. The highest BCUT2D eigenvalue weighted by Crippen LogP contribution is 2.14. The van der Waals surface area contributed by atoms with Crippen molar-refractivity contribution in [2.75, 3.05) is 0 Å². The summed E-state index contributed by atoms with van der Waals surface area (Å²) in [6, 6.07) is 6.39. The van der Waals surface area contributed by atoms with E-state index in [2.05, 4.69) is 10.3 Å². The molecule has 0 saturated heterocycles. The lowest BCUT2D eigenvalue weighted by molar-refractivity contribution is -0.124. The fourth-order valence-corrected chi connectivity index (χ4v) is 2.40. The molecule has 6 heteroatoms. The molecule has 1 aromatic carbocycles. The summed E-state index contributed by atoms with van der Waals surface area (Å²) in [6.45, 7) is 5.41. The Hall–Kier alpha value is -1.88. The van der Waals surface area contributed by atoms with Crippen molar-refractivity contribution in [3.8, 4) is 0 Å². The molecule has 0 fully saturated rings. The molecular formula is C15H18ClN3O2. The van der Waals surface area contributed by atoms with Gasteiger partial charge in [0.25, 0.3) is 5.56 Å². The molecule has 0 spiro atoms. The lowest BCUT2D eigenvalue weighted by Crippen LogP contribution is -2.40. The maximum Gasteiger partial charge on any atom is 0.262 e. The van der Waals surface area contributed by atoms with Gasteiger partial charge < -0.3 is 5.32 Å². The van der Waals surface area contributed by atoms with Crippen LogP contribution in [0.2, 0.25) is 0 Å². The second-order valence-corrected chi connectivity index (χ2v) is 5.46. The molecule has 0 aliphatic carbocycles. The molecule has 5 nitrogen and oxygen atoms in total. The van der Waals surface area contributed by atoms with Crippen molar-refractivity contribution in [3.63, 3.8) is 0 Å². The van der Waals surface area contributed by atoms with E-state index in [9.17, 15) is 9.59 Å². The number of rotatable bonds is 4. The zero-order valence-electron chi connectivity index (χ0n) is 12.3. The van der Waals surface area contributed by atoms with Crippen molar-refractivity contribution in [1.29, 1.82) is 0 Å². The van der Waals surface area contributed by atoms with Gasteiger partial charge in [-0.15, -0.1) is 11.6 Å². The van der Waals surface area contributed by atoms with Crippen molar-refractivity contribution in [3.05, 3.63) is 40.4 Å². The molecule has 1 atom stereocenters. The number of fused-ring (bicyclic) bond motifs is 1. The highest BCUT2D eigenvalue weighted by Gasteiger charge is 2.21. The number of amides is 1. The van der Waals surface area contributed by atoms with Crippen LogP contribution in [0.5, 0.6) is 0 Å². The Morgan fingerprint density at radius 3 is 2.62 bits per heavy atom. The van der Waals surface area contributed by atoms with Crippen LogP contribution in [-0.4, -0.2) is 21.5 Å². The van der Waals surface area contributed by atoms with E-state index in [0.717, 1.165) is 0 Å². The average molecular weight is 308 g/mol. The number of halogens is 1. The van der Waals surface area contributed by atoms with Crippen molar-refractivity contribution in [2.24, 2.45) is 0 Å². The van der Waals surface area contributed by atoms with Gasteiger partial charge in [-0.3, -0.25) is 14.2 Å². The van der Waals surface area contributed by atoms with Gasteiger partial charge in [0.05, 0.1) is 16.8 Å². The highest BCUT2D eigenvalue weighted by atomic mass is 35.5. The van der Waals surface area contributed by atoms with E-state index in [1.165, 1.54) is 4.57 Å². The summed E-state index contributed by atoms with van der Waals surface area (Å²) in [6.07, 6.45) is 0. The van der Waals surface area contributed by atoms with Gasteiger partial charge >= 0.3 is 0 Å². The second-order valence-electron chi connectivity index (χ2n) is 5.19. The van der Waals surface area contributed by atoms with E-state index < -0.39 is 6.04 Å². The molecule has 2 aromatic rings. The van der Waals surface area contributed by atoms with E-state index in [0.29, 0.717) is 16.7 Å². The number of para-hydroxylation sites is 1. The van der Waals surface area contributed by atoms with E-state index in [1.54, 1.807) is 25.1 Å². The van der Waals surface area contributed by atoms with Crippen molar-refractivity contribution < 1.29 is 4.79 Å². The first-order valence-electron chi connectivity index (χ1n) is 6.82. The first kappa shape index (κ1) is 15.5. The molecule has 0 radical (unpaired) electrons. The Morgan fingerprint density at radius 2 is 2.00 bits per heavy atom. The quantitative estimate of drug-likeness (QED) is 0.881. The second kappa shape index (κ2) is 6.26. The maximum absolute atomic E-state index is 12.6. The predicted molar refractivity (Wildman–Crippen MR) is 83.5 cm³/mol. The summed E-state index contributed by atoms with van der Waals surface area (Å²) in [5.41, 5.74) is 0.341. The van der Waals surface area contributed by atoms with Crippen molar-refractivity contribution >= 4 is 28.4 Å². The van der Waals surface area contributed by atoms with Crippen LogP contribution in [0.1, 0.15) is 32.6 Å². The monoisotopic (exact) mass is 307 g/mol. The number of alkyl halides is 1. The normalized spacial score (nSPS) is 12.6. The van der Waals surface area contributed by atoms with Gasteiger partial charge in [0, 0.05) is 6.04 Å². The van der Waals surface area contributed by atoms with Crippen molar-refractivity contribution in [1.82, 2.24) is 14.9 Å². The first-order valence-corrected chi connectivity index (χ1v) is 7.35. The Kier molecular flexibility index (Phi) is 4.63. The first-order chi connectivity index (χ1) is 9.95. The fourth-order valence-electron chi connectivity index (χ4n) is 2.21. The number of carbonyl (C=O) groups is 1. The van der Waals surface area contributed by atoms with E-state index in [4.69, 9.17) is 11.6 Å². The predicted octanol–water partition coefficient (Wildman–Crippen LogP) is 2.22. The van der Waals surface area contributed by atoms with Crippen LogP contribution >= 0.6 is 11.6 Å².